The average molecular weight is 440 g/mol. The Kier molecular flexibility index (Phi) is 5.15. The first-order chi connectivity index (χ1) is 14.9. The van der Waals surface area contributed by atoms with E-state index in [4.69, 9.17) is 11.6 Å². The normalized spacial score (nSPS) is 27.4. The van der Waals surface area contributed by atoms with Crippen molar-refractivity contribution in [1.29, 1.82) is 0 Å². The van der Waals surface area contributed by atoms with Crippen molar-refractivity contribution in [2.24, 2.45) is 11.8 Å². The number of aliphatic hydroxyl groups is 1. The molecule has 0 bridgehead atoms. The number of carbonyl (C=O) groups excluding carboxylic acids is 1. The minimum absolute atomic E-state index is 0.0662. The van der Waals surface area contributed by atoms with Crippen LogP contribution in [0, 0.1) is 17.7 Å². The zero-order valence-electron chi connectivity index (χ0n) is 16.9. The van der Waals surface area contributed by atoms with Crippen molar-refractivity contribution in [3.05, 3.63) is 65.3 Å². The van der Waals surface area contributed by atoms with Gasteiger partial charge in [-0.3, -0.25) is 9.78 Å². The number of nitrogens with one attached hydrogen (secondary N) is 1. The molecule has 2 heterocycles. The Hall–Kier alpha value is -2.57. The second kappa shape index (κ2) is 7.84. The second-order valence-corrected chi connectivity index (χ2v) is 9.36. The Morgan fingerprint density at radius 3 is 2.65 bits per heavy atom. The minimum atomic E-state index is -0.989. The van der Waals surface area contributed by atoms with E-state index in [2.05, 4.69) is 15.3 Å². The first-order valence-electron chi connectivity index (χ1n) is 10.6. The quantitative estimate of drug-likeness (QED) is 0.555. The third-order valence-electron chi connectivity index (χ3n) is 6.80. The first-order valence-corrected chi connectivity index (χ1v) is 10.9. The van der Waals surface area contributed by atoms with E-state index in [1.54, 1.807) is 30.5 Å². The SMILES string of the molecule is O=C(CC1(O)CC2CC(c3ccnc4ccc(F)cc34)C[C@H]2C1)Nc1ccc(Cl)nc1. The fourth-order valence-electron chi connectivity index (χ4n) is 5.62. The van der Waals surface area contributed by atoms with E-state index in [1.165, 1.54) is 12.3 Å². The van der Waals surface area contributed by atoms with Gasteiger partial charge in [-0.25, -0.2) is 9.37 Å². The molecular weight excluding hydrogens is 417 g/mol. The molecule has 2 aliphatic carbocycles. The van der Waals surface area contributed by atoms with Gasteiger partial charge in [0, 0.05) is 11.6 Å². The van der Waals surface area contributed by atoms with E-state index in [1.807, 2.05) is 6.07 Å². The van der Waals surface area contributed by atoms with Crippen molar-refractivity contribution in [2.45, 2.75) is 43.6 Å². The van der Waals surface area contributed by atoms with Gasteiger partial charge in [0.1, 0.15) is 11.0 Å². The van der Waals surface area contributed by atoms with Gasteiger partial charge in [-0.2, -0.15) is 0 Å². The van der Waals surface area contributed by atoms with Gasteiger partial charge in [-0.05, 0) is 85.4 Å². The summed E-state index contributed by atoms with van der Waals surface area (Å²) >= 11 is 5.77. The summed E-state index contributed by atoms with van der Waals surface area (Å²) in [6.07, 6.45) is 6.44. The molecule has 2 fully saturated rings. The summed E-state index contributed by atoms with van der Waals surface area (Å²) in [4.78, 5) is 20.8. The lowest BCUT2D eigenvalue weighted by Gasteiger charge is -2.24. The summed E-state index contributed by atoms with van der Waals surface area (Å²) in [5.74, 6) is 0.560. The monoisotopic (exact) mass is 439 g/mol. The van der Waals surface area contributed by atoms with E-state index in [0.29, 0.717) is 41.4 Å². The van der Waals surface area contributed by atoms with Crippen molar-refractivity contribution < 1.29 is 14.3 Å². The van der Waals surface area contributed by atoms with Crippen molar-refractivity contribution in [3.63, 3.8) is 0 Å². The summed E-state index contributed by atoms with van der Waals surface area (Å²) in [5, 5.41) is 15.1. The molecule has 4 atom stereocenters. The van der Waals surface area contributed by atoms with E-state index in [0.717, 1.165) is 29.3 Å². The molecule has 1 amide bonds. The Morgan fingerprint density at radius 2 is 1.94 bits per heavy atom. The molecule has 1 aromatic carbocycles. The molecule has 5 nitrogen and oxygen atoms in total. The number of amides is 1. The van der Waals surface area contributed by atoms with Crippen LogP contribution >= 0.6 is 11.6 Å². The van der Waals surface area contributed by atoms with E-state index < -0.39 is 5.60 Å². The van der Waals surface area contributed by atoms with Gasteiger partial charge in [0.2, 0.25) is 5.91 Å². The van der Waals surface area contributed by atoms with Crippen LogP contribution in [0.5, 0.6) is 0 Å². The maximum atomic E-state index is 13.8. The smallest absolute Gasteiger partial charge is 0.227 e. The number of hydrogen-bond acceptors (Lipinski definition) is 4. The summed E-state index contributed by atoms with van der Waals surface area (Å²) < 4.78 is 13.8. The predicted octanol–water partition coefficient (Wildman–Crippen LogP) is 5.09. The van der Waals surface area contributed by atoms with Crippen LogP contribution in [-0.2, 0) is 4.79 Å². The van der Waals surface area contributed by atoms with Crippen molar-refractivity contribution in [2.75, 3.05) is 5.32 Å². The van der Waals surface area contributed by atoms with Gasteiger partial charge < -0.3 is 10.4 Å². The van der Waals surface area contributed by atoms with Crippen LogP contribution in [0.15, 0.2) is 48.8 Å². The molecule has 2 aliphatic rings. The number of carbonyl (C=O) groups is 1. The van der Waals surface area contributed by atoms with Gasteiger partial charge in [0.05, 0.1) is 29.4 Å². The first kappa shape index (κ1) is 20.3. The summed E-state index contributed by atoms with van der Waals surface area (Å²) in [7, 11) is 0. The number of benzene rings is 1. The third-order valence-corrected chi connectivity index (χ3v) is 7.03. The molecule has 31 heavy (non-hydrogen) atoms. The second-order valence-electron chi connectivity index (χ2n) is 8.98. The molecule has 0 spiro atoms. The van der Waals surface area contributed by atoms with Gasteiger partial charge in [0.25, 0.3) is 0 Å². The molecular formula is C24H23ClFN3O2. The van der Waals surface area contributed by atoms with Crippen molar-refractivity contribution in [1.82, 2.24) is 9.97 Å². The maximum absolute atomic E-state index is 13.8. The van der Waals surface area contributed by atoms with E-state index in [-0.39, 0.29) is 18.1 Å². The average Bonchev–Trinajstić information content (AvgIpc) is 3.23. The lowest BCUT2D eigenvalue weighted by Crippen LogP contribution is -2.32. The van der Waals surface area contributed by atoms with Gasteiger partial charge in [0.15, 0.2) is 0 Å². The van der Waals surface area contributed by atoms with Crippen LogP contribution in [0.2, 0.25) is 5.15 Å². The zero-order chi connectivity index (χ0) is 21.6. The van der Waals surface area contributed by atoms with Crippen LogP contribution < -0.4 is 5.32 Å². The summed E-state index contributed by atoms with van der Waals surface area (Å²) in [6, 6.07) is 10.0. The maximum Gasteiger partial charge on any atom is 0.227 e. The van der Waals surface area contributed by atoms with Gasteiger partial charge >= 0.3 is 0 Å². The van der Waals surface area contributed by atoms with Crippen molar-refractivity contribution in [3.8, 4) is 0 Å². The summed E-state index contributed by atoms with van der Waals surface area (Å²) in [5.41, 5.74) is 1.51. The van der Waals surface area contributed by atoms with Crippen LogP contribution in [0.1, 0.15) is 43.6 Å². The third kappa shape index (κ3) is 4.14. The van der Waals surface area contributed by atoms with E-state index in [9.17, 15) is 14.3 Å². The fraction of sp³-hybridized carbons (Fsp3) is 0.375. The van der Waals surface area contributed by atoms with Crippen LogP contribution in [0.4, 0.5) is 10.1 Å². The molecule has 0 radical (unpaired) electrons. The summed E-state index contributed by atoms with van der Waals surface area (Å²) in [6.45, 7) is 0. The van der Waals surface area contributed by atoms with E-state index >= 15 is 0 Å². The molecule has 2 N–H and O–H groups in total. The highest BCUT2D eigenvalue weighted by molar-refractivity contribution is 6.29. The molecule has 3 aromatic rings. The Labute approximate surface area is 184 Å². The Morgan fingerprint density at radius 1 is 1.16 bits per heavy atom. The molecule has 7 heteroatoms. The van der Waals surface area contributed by atoms with Crippen LogP contribution in [-0.4, -0.2) is 26.6 Å². The highest BCUT2D eigenvalue weighted by Crippen LogP contribution is 2.55. The number of pyridine rings is 2. The standard InChI is InChI=1S/C24H23ClFN3O2/c25-22-4-2-18(13-28-22)29-23(30)12-24(31)10-15-7-14(8-16(15)11-24)19-5-6-27-21-3-1-17(26)9-20(19)21/h1-6,9,13-16,31H,7-8,10-12H2,(H,29,30)/t14?,15-,16?,24?/m0/s1. The topological polar surface area (TPSA) is 75.1 Å². The number of rotatable bonds is 4. The molecule has 0 saturated heterocycles. The molecule has 0 aliphatic heterocycles. The molecule has 5 rings (SSSR count). The highest BCUT2D eigenvalue weighted by Gasteiger charge is 2.49. The molecule has 2 aromatic heterocycles. The van der Waals surface area contributed by atoms with Crippen LogP contribution in [0.25, 0.3) is 10.9 Å². The molecule has 3 unspecified atom stereocenters. The van der Waals surface area contributed by atoms with Gasteiger partial charge in [-0.15, -0.1) is 0 Å². The predicted molar refractivity (Wildman–Crippen MR) is 117 cm³/mol. The Balaban J connectivity index is 1.25. The molecule has 160 valence electrons. The Bertz CT molecular complexity index is 1120. The van der Waals surface area contributed by atoms with Gasteiger partial charge in [-0.1, -0.05) is 11.6 Å². The molecule has 2 saturated carbocycles. The number of anilines is 1. The lowest BCUT2D eigenvalue weighted by molar-refractivity contribution is -0.121. The number of aromatic nitrogens is 2. The zero-order valence-corrected chi connectivity index (χ0v) is 17.6. The largest absolute Gasteiger partial charge is 0.389 e. The van der Waals surface area contributed by atoms with Crippen LogP contribution in [0.3, 0.4) is 0 Å². The fourth-order valence-corrected chi connectivity index (χ4v) is 5.73. The lowest BCUT2D eigenvalue weighted by atomic mass is 9.87. The number of fused-ring (bicyclic) bond motifs is 2. The number of halogens is 2. The number of hydrogen-bond donors (Lipinski definition) is 2. The number of nitrogens with zero attached hydrogens (tertiary/aromatic N) is 2. The van der Waals surface area contributed by atoms with Crippen molar-refractivity contribution >= 4 is 34.1 Å². The highest BCUT2D eigenvalue weighted by atomic mass is 35.5. The minimum Gasteiger partial charge on any atom is -0.389 e.